The van der Waals surface area contributed by atoms with E-state index in [0.29, 0.717) is 6.42 Å². The maximum Gasteiger partial charge on any atom is 0.147 e. The fraction of sp³-hybridized carbons (Fsp3) is 0.417. The van der Waals surface area contributed by atoms with Gasteiger partial charge in [-0.15, -0.1) is 11.6 Å². The van der Waals surface area contributed by atoms with Gasteiger partial charge in [0, 0.05) is 6.42 Å². The van der Waals surface area contributed by atoms with Crippen LogP contribution in [0, 0.1) is 0 Å². The van der Waals surface area contributed by atoms with Crippen LogP contribution in [0.3, 0.4) is 0 Å². The molecule has 0 radical (unpaired) electrons. The molecule has 0 fully saturated rings. The summed E-state index contributed by atoms with van der Waals surface area (Å²) in [4.78, 5) is 11.0. The van der Waals surface area contributed by atoms with Crippen LogP contribution in [0.1, 0.15) is 24.5 Å². The molecule has 0 aromatic heterocycles. The van der Waals surface area contributed by atoms with Crippen molar-refractivity contribution in [2.45, 2.75) is 26.2 Å². The van der Waals surface area contributed by atoms with E-state index in [1.165, 1.54) is 11.1 Å². The van der Waals surface area contributed by atoms with Gasteiger partial charge in [0.05, 0.1) is 5.88 Å². The fourth-order valence-corrected chi connectivity index (χ4v) is 1.43. The highest BCUT2D eigenvalue weighted by molar-refractivity contribution is 6.27. The van der Waals surface area contributed by atoms with Crippen molar-refractivity contribution in [3.8, 4) is 0 Å². The highest BCUT2D eigenvalue weighted by Crippen LogP contribution is 2.07. The van der Waals surface area contributed by atoms with Crippen molar-refractivity contribution in [2.24, 2.45) is 0 Å². The standard InChI is InChI=1S/C12H15ClO/c1-2-10-3-5-11(6-4-10)7-8-12(14)9-13/h3-6H,2,7-9H2,1H3. The van der Waals surface area contributed by atoms with E-state index in [1.54, 1.807) is 0 Å². The second-order valence-corrected chi connectivity index (χ2v) is 3.61. The molecule has 0 amide bonds. The summed E-state index contributed by atoms with van der Waals surface area (Å²) < 4.78 is 0. The Morgan fingerprint density at radius 3 is 2.29 bits per heavy atom. The molecule has 0 unspecified atom stereocenters. The Bertz CT molecular complexity index is 290. The Labute approximate surface area is 90.1 Å². The molecule has 1 aromatic carbocycles. The molecule has 0 bridgehead atoms. The number of alkyl halides is 1. The van der Waals surface area contributed by atoms with Crippen molar-refractivity contribution in [3.63, 3.8) is 0 Å². The Morgan fingerprint density at radius 2 is 1.79 bits per heavy atom. The highest BCUT2D eigenvalue weighted by atomic mass is 35.5. The predicted octanol–water partition coefficient (Wildman–Crippen LogP) is 2.99. The van der Waals surface area contributed by atoms with E-state index in [2.05, 4.69) is 31.2 Å². The predicted molar refractivity (Wildman–Crippen MR) is 59.9 cm³/mol. The number of ketones is 1. The molecular formula is C12H15ClO. The van der Waals surface area contributed by atoms with E-state index >= 15 is 0 Å². The van der Waals surface area contributed by atoms with Crippen molar-refractivity contribution in [1.29, 1.82) is 0 Å². The van der Waals surface area contributed by atoms with Crippen LogP contribution in [0.5, 0.6) is 0 Å². The van der Waals surface area contributed by atoms with Gasteiger partial charge in [0.15, 0.2) is 0 Å². The van der Waals surface area contributed by atoms with Crippen molar-refractivity contribution < 1.29 is 4.79 Å². The molecule has 0 spiro atoms. The zero-order chi connectivity index (χ0) is 10.4. The second-order valence-electron chi connectivity index (χ2n) is 3.34. The zero-order valence-corrected chi connectivity index (χ0v) is 9.18. The molecule has 0 atom stereocenters. The first kappa shape index (κ1) is 11.3. The lowest BCUT2D eigenvalue weighted by atomic mass is 10.1. The number of hydrogen-bond donors (Lipinski definition) is 0. The van der Waals surface area contributed by atoms with Gasteiger partial charge in [0.25, 0.3) is 0 Å². The van der Waals surface area contributed by atoms with E-state index < -0.39 is 0 Å². The third-order valence-corrected chi connectivity index (χ3v) is 2.57. The van der Waals surface area contributed by atoms with Crippen molar-refractivity contribution >= 4 is 17.4 Å². The Hall–Kier alpha value is -0.820. The number of halogens is 1. The molecule has 1 rings (SSSR count). The highest BCUT2D eigenvalue weighted by Gasteiger charge is 2.00. The Balaban J connectivity index is 2.47. The van der Waals surface area contributed by atoms with Gasteiger partial charge in [0.2, 0.25) is 0 Å². The first-order chi connectivity index (χ1) is 6.76. The van der Waals surface area contributed by atoms with Gasteiger partial charge >= 0.3 is 0 Å². The number of aryl methyl sites for hydroxylation is 2. The molecule has 0 heterocycles. The van der Waals surface area contributed by atoms with E-state index in [4.69, 9.17) is 11.6 Å². The van der Waals surface area contributed by atoms with Gasteiger partial charge in [-0.05, 0) is 24.0 Å². The monoisotopic (exact) mass is 210 g/mol. The second kappa shape index (κ2) is 5.82. The van der Waals surface area contributed by atoms with Crippen LogP contribution in [0.2, 0.25) is 0 Å². The SMILES string of the molecule is CCc1ccc(CCC(=O)CCl)cc1. The Morgan fingerprint density at radius 1 is 1.21 bits per heavy atom. The largest absolute Gasteiger partial charge is 0.298 e. The quantitative estimate of drug-likeness (QED) is 0.683. The van der Waals surface area contributed by atoms with Crippen LogP contribution < -0.4 is 0 Å². The average molecular weight is 211 g/mol. The summed E-state index contributed by atoms with van der Waals surface area (Å²) in [6, 6.07) is 8.39. The lowest BCUT2D eigenvalue weighted by Crippen LogP contribution is -2.00. The summed E-state index contributed by atoms with van der Waals surface area (Å²) in [5.74, 6) is 0.249. The minimum absolute atomic E-state index is 0.117. The minimum atomic E-state index is 0.117. The van der Waals surface area contributed by atoms with Gasteiger partial charge in [-0.3, -0.25) is 4.79 Å². The molecule has 1 aromatic rings. The maximum atomic E-state index is 11.0. The zero-order valence-electron chi connectivity index (χ0n) is 8.42. The molecule has 2 heteroatoms. The minimum Gasteiger partial charge on any atom is -0.298 e. The van der Waals surface area contributed by atoms with Gasteiger partial charge in [0.1, 0.15) is 5.78 Å². The molecule has 0 aliphatic carbocycles. The third-order valence-electron chi connectivity index (χ3n) is 2.27. The molecule has 0 aliphatic rings. The number of hydrogen-bond acceptors (Lipinski definition) is 1. The number of carbonyl (C=O) groups excluding carboxylic acids is 1. The maximum absolute atomic E-state index is 11.0. The fourth-order valence-electron chi connectivity index (χ4n) is 1.29. The normalized spacial score (nSPS) is 10.1. The van der Waals surface area contributed by atoms with Crippen LogP contribution in [-0.2, 0) is 17.6 Å². The van der Waals surface area contributed by atoms with E-state index in [-0.39, 0.29) is 11.7 Å². The van der Waals surface area contributed by atoms with Gasteiger partial charge < -0.3 is 0 Å². The van der Waals surface area contributed by atoms with Crippen molar-refractivity contribution in [2.75, 3.05) is 5.88 Å². The molecule has 0 aliphatic heterocycles. The Kier molecular flexibility index (Phi) is 4.68. The third kappa shape index (κ3) is 3.51. The lowest BCUT2D eigenvalue weighted by molar-refractivity contribution is -0.116. The van der Waals surface area contributed by atoms with Crippen LogP contribution >= 0.6 is 11.6 Å². The molecule has 76 valence electrons. The first-order valence-electron chi connectivity index (χ1n) is 4.91. The summed E-state index contributed by atoms with van der Waals surface area (Å²) >= 11 is 5.42. The molecule has 0 saturated carbocycles. The summed E-state index contributed by atoms with van der Waals surface area (Å²) in [6.45, 7) is 2.13. The summed E-state index contributed by atoms with van der Waals surface area (Å²) in [6.07, 6.45) is 2.41. The van der Waals surface area contributed by atoms with Gasteiger partial charge in [-0.2, -0.15) is 0 Å². The van der Waals surface area contributed by atoms with Gasteiger partial charge in [-0.25, -0.2) is 0 Å². The number of Topliss-reactive ketones (excluding diaryl/α,β-unsaturated/α-hetero) is 1. The molecule has 0 N–H and O–H groups in total. The topological polar surface area (TPSA) is 17.1 Å². The van der Waals surface area contributed by atoms with Crippen LogP contribution in [0.4, 0.5) is 0 Å². The van der Waals surface area contributed by atoms with E-state index in [0.717, 1.165) is 12.8 Å². The van der Waals surface area contributed by atoms with Gasteiger partial charge in [-0.1, -0.05) is 31.2 Å². The van der Waals surface area contributed by atoms with Crippen LogP contribution in [0.25, 0.3) is 0 Å². The molecule has 14 heavy (non-hydrogen) atoms. The van der Waals surface area contributed by atoms with E-state index in [1.807, 2.05) is 0 Å². The van der Waals surface area contributed by atoms with Crippen molar-refractivity contribution in [1.82, 2.24) is 0 Å². The average Bonchev–Trinajstić information content (AvgIpc) is 2.26. The van der Waals surface area contributed by atoms with E-state index in [9.17, 15) is 4.79 Å². The number of benzene rings is 1. The molecule has 0 saturated heterocycles. The molecule has 1 nitrogen and oxygen atoms in total. The summed E-state index contributed by atoms with van der Waals surface area (Å²) in [5, 5.41) is 0. The van der Waals surface area contributed by atoms with Crippen LogP contribution in [0.15, 0.2) is 24.3 Å². The number of carbonyl (C=O) groups is 1. The molecular weight excluding hydrogens is 196 g/mol. The smallest absolute Gasteiger partial charge is 0.147 e. The number of rotatable bonds is 5. The van der Waals surface area contributed by atoms with Crippen LogP contribution in [-0.4, -0.2) is 11.7 Å². The summed E-state index contributed by atoms with van der Waals surface area (Å²) in [7, 11) is 0. The van der Waals surface area contributed by atoms with Crippen molar-refractivity contribution in [3.05, 3.63) is 35.4 Å². The first-order valence-corrected chi connectivity index (χ1v) is 5.45. The summed E-state index contributed by atoms with van der Waals surface area (Å²) in [5.41, 5.74) is 2.54. The lowest BCUT2D eigenvalue weighted by Gasteiger charge is -2.01.